The van der Waals surface area contributed by atoms with Gasteiger partial charge in [0.1, 0.15) is 0 Å². The first kappa shape index (κ1) is 28.6. The Kier molecular flexibility index (Phi) is 36.0. The average molecular weight is 334 g/mol. The second-order valence-corrected chi connectivity index (χ2v) is 5.17. The molecule has 0 aromatic carbocycles. The third kappa shape index (κ3) is 26.7. The second-order valence-electron chi connectivity index (χ2n) is 5.17. The Bertz CT molecular complexity index is 156. The van der Waals surface area contributed by atoms with Gasteiger partial charge in [-0.15, -0.1) is 13.2 Å². The number of ether oxygens (including phenoxy) is 2. The maximum atomic E-state index is 10.2. The molecule has 0 saturated heterocycles. The Morgan fingerprint density at radius 1 is 0.409 bits per heavy atom. The quantitative estimate of drug-likeness (QED) is 0.199. The maximum Gasteiger partial charge on any atom is 1.00 e. The van der Waals surface area contributed by atoms with E-state index in [9.17, 15) is 10.2 Å². The molecule has 4 nitrogen and oxygen atoms in total. The summed E-state index contributed by atoms with van der Waals surface area (Å²) in [6, 6.07) is 0. The third-order valence-corrected chi connectivity index (χ3v) is 3.28. The predicted octanol–water partition coefficient (Wildman–Crippen LogP) is -4.35. The van der Waals surface area contributed by atoms with Gasteiger partial charge < -0.3 is 19.7 Å². The van der Waals surface area contributed by atoms with Crippen molar-refractivity contribution in [1.82, 2.24) is 0 Å². The molecule has 0 bridgehead atoms. The van der Waals surface area contributed by atoms with E-state index in [4.69, 9.17) is 9.47 Å². The normalized spacial score (nSPS) is 10.1. The third-order valence-electron chi connectivity index (χ3n) is 3.28. The Labute approximate surface area is 181 Å². The number of unbranched alkanes of at least 4 members (excludes halogenated alkanes) is 9. The molecule has 0 aliphatic rings. The van der Waals surface area contributed by atoms with Crippen LogP contribution in [-0.2, 0) is 9.47 Å². The zero-order valence-corrected chi connectivity index (χ0v) is 18.9. The summed E-state index contributed by atoms with van der Waals surface area (Å²) in [6.07, 6.45) is 12.1. The molecule has 0 saturated carbocycles. The van der Waals surface area contributed by atoms with E-state index in [0.717, 1.165) is 25.9 Å². The van der Waals surface area contributed by atoms with Crippen LogP contribution >= 0.6 is 0 Å². The molecule has 0 atom stereocenters. The minimum Gasteiger partial charge on any atom is -0.854 e. The molecule has 0 aliphatic carbocycles. The van der Waals surface area contributed by atoms with Crippen LogP contribution in [0.25, 0.3) is 0 Å². The van der Waals surface area contributed by atoms with Gasteiger partial charge in [0, 0.05) is 13.2 Å². The molecule has 0 heterocycles. The molecule has 0 amide bonds. The van der Waals surface area contributed by atoms with Gasteiger partial charge in [-0.3, -0.25) is 0 Å². The van der Waals surface area contributed by atoms with E-state index in [0.29, 0.717) is 19.8 Å². The van der Waals surface area contributed by atoms with E-state index in [1.807, 2.05) is 0 Å². The average Bonchev–Trinajstić information content (AvgIpc) is 2.47. The topological polar surface area (TPSA) is 64.6 Å². The first-order valence-electron chi connectivity index (χ1n) is 8.23. The van der Waals surface area contributed by atoms with E-state index >= 15 is 0 Å². The van der Waals surface area contributed by atoms with Crippen LogP contribution in [0.5, 0.6) is 0 Å². The molecule has 0 aromatic rings. The summed E-state index contributed by atoms with van der Waals surface area (Å²) in [4.78, 5) is 0. The van der Waals surface area contributed by atoms with Crippen molar-refractivity contribution in [2.24, 2.45) is 0 Å². The van der Waals surface area contributed by atoms with Crippen LogP contribution in [0.15, 0.2) is 0 Å². The molecular weight excluding hydrogens is 302 g/mol. The van der Waals surface area contributed by atoms with Crippen LogP contribution in [0.4, 0.5) is 0 Å². The Balaban J connectivity index is -0.00000180. The first-order chi connectivity index (χ1) is 9.91. The van der Waals surface area contributed by atoms with Gasteiger partial charge in [0.25, 0.3) is 0 Å². The van der Waals surface area contributed by atoms with Gasteiger partial charge in [-0.25, -0.2) is 0 Å². The van der Waals surface area contributed by atoms with Crippen LogP contribution in [0.3, 0.4) is 0 Å². The zero-order valence-electron chi connectivity index (χ0n) is 14.9. The molecule has 0 fully saturated rings. The molecule has 0 radical (unpaired) electrons. The molecule has 122 valence electrons. The van der Waals surface area contributed by atoms with Crippen molar-refractivity contribution < 1.29 is 78.8 Å². The van der Waals surface area contributed by atoms with Crippen LogP contribution in [-0.4, -0.2) is 39.6 Å². The van der Waals surface area contributed by atoms with Crippen molar-refractivity contribution in [2.45, 2.75) is 64.2 Å². The Hall–Kier alpha value is 1.84. The van der Waals surface area contributed by atoms with Crippen LogP contribution in [0.1, 0.15) is 64.2 Å². The van der Waals surface area contributed by atoms with Crippen LogP contribution in [0.2, 0.25) is 0 Å². The van der Waals surface area contributed by atoms with E-state index < -0.39 is 0 Å². The van der Waals surface area contributed by atoms with Gasteiger partial charge >= 0.3 is 59.1 Å². The molecular formula is C16H32Na2O4. The summed E-state index contributed by atoms with van der Waals surface area (Å²) in [6.45, 7) is 2.15. The fourth-order valence-corrected chi connectivity index (χ4v) is 2.10. The number of hydrogen-bond donors (Lipinski definition) is 0. The minimum absolute atomic E-state index is 0. The van der Waals surface area contributed by atoms with Gasteiger partial charge in [-0.2, -0.15) is 0 Å². The molecule has 0 spiro atoms. The minimum atomic E-state index is -0.168. The monoisotopic (exact) mass is 334 g/mol. The summed E-state index contributed by atoms with van der Waals surface area (Å²) in [5, 5.41) is 20.3. The van der Waals surface area contributed by atoms with Crippen molar-refractivity contribution in [3.05, 3.63) is 0 Å². The van der Waals surface area contributed by atoms with E-state index in [-0.39, 0.29) is 72.3 Å². The van der Waals surface area contributed by atoms with Crippen LogP contribution < -0.4 is 69.3 Å². The van der Waals surface area contributed by atoms with Gasteiger partial charge in [0.2, 0.25) is 0 Å². The molecule has 0 aliphatic heterocycles. The zero-order chi connectivity index (χ0) is 14.7. The predicted molar refractivity (Wildman–Crippen MR) is 77.5 cm³/mol. The smallest absolute Gasteiger partial charge is 0.854 e. The molecule has 0 unspecified atom stereocenters. The standard InChI is InChI=1S/C16H32O4.2Na/c17-11-9-7-5-3-1-2-4-6-8-10-13-19-15-16-20-14-12-18;;/h1-16H2;;/q-2;2*+1. The summed E-state index contributed by atoms with van der Waals surface area (Å²) >= 11 is 0. The van der Waals surface area contributed by atoms with Gasteiger partial charge in [-0.1, -0.05) is 57.8 Å². The van der Waals surface area contributed by atoms with Crippen molar-refractivity contribution in [2.75, 3.05) is 39.6 Å². The van der Waals surface area contributed by atoms with Gasteiger partial charge in [-0.05, 0) is 6.42 Å². The van der Waals surface area contributed by atoms with E-state index in [1.54, 1.807) is 0 Å². The Morgan fingerprint density at radius 2 is 0.818 bits per heavy atom. The number of rotatable bonds is 17. The SMILES string of the molecule is [Na+].[Na+].[O-]CCCCCCCCCCCCOCCOCC[O-]. The molecule has 0 aromatic heterocycles. The fraction of sp³-hybridized carbons (Fsp3) is 1.00. The van der Waals surface area contributed by atoms with E-state index in [1.165, 1.54) is 44.9 Å². The summed E-state index contributed by atoms with van der Waals surface area (Å²) in [7, 11) is 0. The summed E-state index contributed by atoms with van der Waals surface area (Å²) in [5.41, 5.74) is 0. The Morgan fingerprint density at radius 3 is 1.27 bits per heavy atom. The van der Waals surface area contributed by atoms with Crippen LogP contribution in [0, 0.1) is 0 Å². The molecule has 22 heavy (non-hydrogen) atoms. The van der Waals surface area contributed by atoms with Crippen molar-refractivity contribution in [3.8, 4) is 0 Å². The van der Waals surface area contributed by atoms with Crippen molar-refractivity contribution >= 4 is 0 Å². The molecule has 6 heteroatoms. The van der Waals surface area contributed by atoms with Crippen molar-refractivity contribution in [1.29, 1.82) is 0 Å². The summed E-state index contributed by atoms with van der Waals surface area (Å²) in [5.74, 6) is 0. The number of hydrogen-bond acceptors (Lipinski definition) is 4. The van der Waals surface area contributed by atoms with Gasteiger partial charge in [0.15, 0.2) is 0 Å². The summed E-state index contributed by atoms with van der Waals surface area (Å²) < 4.78 is 10.4. The molecule has 0 N–H and O–H groups in total. The molecule has 0 rings (SSSR count). The fourth-order valence-electron chi connectivity index (χ4n) is 2.10. The maximum absolute atomic E-state index is 10.2. The largest absolute Gasteiger partial charge is 1.00 e. The van der Waals surface area contributed by atoms with Crippen molar-refractivity contribution in [3.63, 3.8) is 0 Å². The van der Waals surface area contributed by atoms with E-state index in [2.05, 4.69) is 0 Å². The van der Waals surface area contributed by atoms with Gasteiger partial charge in [0.05, 0.1) is 13.2 Å². The second kappa shape index (κ2) is 27.7. The first-order valence-corrected chi connectivity index (χ1v) is 8.23.